The highest BCUT2D eigenvalue weighted by molar-refractivity contribution is 5.65. The molecule has 0 aromatic heterocycles. The molecule has 0 saturated heterocycles. The molecule has 0 saturated carbocycles. The molecule has 24 heavy (non-hydrogen) atoms. The minimum absolute atomic E-state index is 0.132. The van der Waals surface area contributed by atoms with E-state index in [4.69, 9.17) is 9.47 Å². The number of ether oxygens (including phenoxy) is 2. The summed E-state index contributed by atoms with van der Waals surface area (Å²) in [5.74, 6) is 0.534. The second-order valence-electron chi connectivity index (χ2n) is 5.75. The van der Waals surface area contributed by atoms with Gasteiger partial charge in [-0.1, -0.05) is 26.0 Å². The van der Waals surface area contributed by atoms with E-state index in [0.29, 0.717) is 18.1 Å². The third-order valence-corrected chi connectivity index (χ3v) is 3.30. The molecule has 0 amide bonds. The maximum atomic E-state index is 12.1. The van der Waals surface area contributed by atoms with Crippen molar-refractivity contribution in [2.75, 3.05) is 26.3 Å². The largest absolute Gasteiger partial charge is 0.490 e. The van der Waals surface area contributed by atoms with Crippen molar-refractivity contribution in [1.29, 1.82) is 0 Å². The van der Waals surface area contributed by atoms with Gasteiger partial charge in [-0.25, -0.2) is 0 Å². The summed E-state index contributed by atoms with van der Waals surface area (Å²) in [5.41, 5.74) is 1.89. The highest BCUT2D eigenvalue weighted by Crippen LogP contribution is 2.25. The topological polar surface area (TPSA) is 47.6 Å². The Morgan fingerprint density at radius 1 is 1.25 bits per heavy atom. The quantitative estimate of drug-likeness (QED) is 0.549. The summed E-state index contributed by atoms with van der Waals surface area (Å²) >= 11 is 0. The van der Waals surface area contributed by atoms with Gasteiger partial charge in [0.05, 0.1) is 6.54 Å². The van der Waals surface area contributed by atoms with Gasteiger partial charge in [0.15, 0.2) is 0 Å². The van der Waals surface area contributed by atoms with E-state index in [1.54, 1.807) is 0 Å². The first kappa shape index (κ1) is 20.3. The monoisotopic (exact) mass is 347 g/mol. The maximum Gasteiger partial charge on any atom is 0.401 e. The molecule has 1 N–H and O–H groups in total. The Labute approximate surface area is 140 Å². The van der Waals surface area contributed by atoms with Crippen LogP contribution in [0.1, 0.15) is 37.8 Å². The van der Waals surface area contributed by atoms with Gasteiger partial charge in [0.25, 0.3) is 0 Å². The molecule has 4 nitrogen and oxygen atoms in total. The molecule has 0 radical (unpaired) electrons. The zero-order valence-corrected chi connectivity index (χ0v) is 14.2. The van der Waals surface area contributed by atoms with Crippen molar-refractivity contribution in [3.05, 3.63) is 29.3 Å². The molecule has 7 heteroatoms. The smallest absolute Gasteiger partial charge is 0.401 e. The number of alkyl halides is 3. The summed E-state index contributed by atoms with van der Waals surface area (Å²) in [5, 5.41) is 2.37. The molecule has 0 spiro atoms. The third-order valence-electron chi connectivity index (χ3n) is 3.30. The third kappa shape index (κ3) is 8.19. The van der Waals surface area contributed by atoms with E-state index >= 15 is 0 Å². The van der Waals surface area contributed by atoms with Crippen LogP contribution in [0.5, 0.6) is 5.75 Å². The van der Waals surface area contributed by atoms with E-state index in [1.165, 1.54) is 6.92 Å². The number of halogens is 3. The second-order valence-corrected chi connectivity index (χ2v) is 5.75. The molecule has 0 bridgehead atoms. The molecule has 0 aliphatic carbocycles. The van der Waals surface area contributed by atoms with Crippen molar-refractivity contribution in [3.8, 4) is 5.75 Å². The first-order valence-electron chi connectivity index (χ1n) is 7.85. The number of esters is 1. The summed E-state index contributed by atoms with van der Waals surface area (Å²) in [6.45, 7) is 4.92. The lowest BCUT2D eigenvalue weighted by Gasteiger charge is -2.15. The van der Waals surface area contributed by atoms with Crippen LogP contribution in [-0.4, -0.2) is 38.4 Å². The van der Waals surface area contributed by atoms with Gasteiger partial charge in [0, 0.05) is 6.92 Å². The van der Waals surface area contributed by atoms with Crippen LogP contribution in [0.2, 0.25) is 0 Å². The van der Waals surface area contributed by atoms with Gasteiger partial charge in [0.1, 0.15) is 19.0 Å². The summed E-state index contributed by atoms with van der Waals surface area (Å²) in [4.78, 5) is 10.7. The van der Waals surface area contributed by atoms with Gasteiger partial charge in [0.2, 0.25) is 0 Å². The molecular weight excluding hydrogens is 323 g/mol. The van der Waals surface area contributed by atoms with Crippen LogP contribution in [0.3, 0.4) is 0 Å². The van der Waals surface area contributed by atoms with Crippen molar-refractivity contribution in [3.63, 3.8) is 0 Å². The molecule has 0 atom stereocenters. The maximum absolute atomic E-state index is 12.1. The highest BCUT2D eigenvalue weighted by atomic mass is 19.4. The lowest BCUT2D eigenvalue weighted by molar-refractivity contribution is -0.141. The predicted molar refractivity (Wildman–Crippen MR) is 85.3 cm³/mol. The Balaban J connectivity index is 2.65. The Bertz CT molecular complexity index is 530. The molecule has 0 fully saturated rings. The lowest BCUT2D eigenvalue weighted by Crippen LogP contribution is -2.30. The number of nitrogens with one attached hydrogen (secondary N) is 1. The lowest BCUT2D eigenvalue weighted by atomic mass is 10.00. The molecular formula is C17H24F3NO3. The van der Waals surface area contributed by atoms with Gasteiger partial charge < -0.3 is 14.8 Å². The van der Waals surface area contributed by atoms with Gasteiger partial charge >= 0.3 is 12.1 Å². The summed E-state index contributed by atoms with van der Waals surface area (Å²) in [7, 11) is 0. The van der Waals surface area contributed by atoms with Crippen LogP contribution < -0.4 is 10.1 Å². The number of rotatable bonds is 9. The first-order valence-corrected chi connectivity index (χ1v) is 7.85. The predicted octanol–water partition coefficient (Wildman–Crippen LogP) is 3.45. The molecule has 0 aliphatic heterocycles. The standard InChI is InChI=1S/C17H24F3NO3/c1-12(2)15-5-4-14(6-7-21-11-17(18,19)20)16(10-15)24-9-8-23-13(3)22/h4-5,10,12,21H,6-9,11H2,1-3H3. The van der Waals surface area contributed by atoms with Crippen molar-refractivity contribution in [1.82, 2.24) is 5.32 Å². The number of benzene rings is 1. The van der Waals surface area contributed by atoms with Crippen molar-refractivity contribution >= 4 is 5.97 Å². The molecule has 136 valence electrons. The van der Waals surface area contributed by atoms with Crippen LogP contribution in [0.25, 0.3) is 0 Å². The Morgan fingerprint density at radius 3 is 2.54 bits per heavy atom. The van der Waals surface area contributed by atoms with Gasteiger partial charge in [-0.2, -0.15) is 13.2 Å². The fraction of sp³-hybridized carbons (Fsp3) is 0.588. The molecule has 0 aliphatic rings. The van der Waals surface area contributed by atoms with Gasteiger partial charge in [-0.15, -0.1) is 0 Å². The van der Waals surface area contributed by atoms with E-state index in [1.807, 2.05) is 32.0 Å². The molecule has 1 aromatic carbocycles. The molecule has 1 rings (SSSR count). The van der Waals surface area contributed by atoms with E-state index in [9.17, 15) is 18.0 Å². The average Bonchev–Trinajstić information content (AvgIpc) is 2.47. The average molecular weight is 347 g/mol. The number of carbonyl (C=O) groups is 1. The Kier molecular flexibility index (Phi) is 8.04. The van der Waals surface area contributed by atoms with E-state index < -0.39 is 12.7 Å². The van der Waals surface area contributed by atoms with Crippen LogP contribution in [-0.2, 0) is 16.0 Å². The van der Waals surface area contributed by atoms with Crippen molar-refractivity contribution in [2.24, 2.45) is 0 Å². The normalized spacial score (nSPS) is 11.6. The van der Waals surface area contributed by atoms with Crippen LogP contribution in [0, 0.1) is 0 Å². The summed E-state index contributed by atoms with van der Waals surface area (Å²) in [6.07, 6.45) is -3.80. The fourth-order valence-corrected chi connectivity index (χ4v) is 2.06. The van der Waals surface area contributed by atoms with E-state index in [2.05, 4.69) is 5.32 Å². The SMILES string of the molecule is CC(=O)OCCOc1cc(C(C)C)ccc1CCNCC(F)(F)F. The minimum Gasteiger partial charge on any atom is -0.490 e. The summed E-state index contributed by atoms with van der Waals surface area (Å²) < 4.78 is 46.9. The fourth-order valence-electron chi connectivity index (χ4n) is 2.06. The van der Waals surface area contributed by atoms with Crippen molar-refractivity contribution in [2.45, 2.75) is 39.3 Å². The zero-order chi connectivity index (χ0) is 18.2. The molecule has 1 aromatic rings. The van der Waals surface area contributed by atoms with Gasteiger partial charge in [-0.3, -0.25) is 4.79 Å². The van der Waals surface area contributed by atoms with Crippen LogP contribution >= 0.6 is 0 Å². The minimum atomic E-state index is -4.22. The zero-order valence-electron chi connectivity index (χ0n) is 14.2. The first-order chi connectivity index (χ1) is 11.2. The van der Waals surface area contributed by atoms with E-state index in [0.717, 1.165) is 11.1 Å². The number of carbonyl (C=O) groups excluding carboxylic acids is 1. The van der Waals surface area contributed by atoms with E-state index in [-0.39, 0.29) is 25.7 Å². The Morgan fingerprint density at radius 2 is 1.96 bits per heavy atom. The van der Waals surface area contributed by atoms with Crippen LogP contribution in [0.15, 0.2) is 18.2 Å². The number of hydrogen-bond donors (Lipinski definition) is 1. The van der Waals surface area contributed by atoms with Gasteiger partial charge in [-0.05, 0) is 36.1 Å². The second kappa shape index (κ2) is 9.52. The number of hydrogen-bond acceptors (Lipinski definition) is 4. The summed E-state index contributed by atoms with van der Waals surface area (Å²) in [6, 6.07) is 5.70. The van der Waals surface area contributed by atoms with Crippen LogP contribution in [0.4, 0.5) is 13.2 Å². The molecule has 0 unspecified atom stereocenters. The Hall–Kier alpha value is -1.76. The van der Waals surface area contributed by atoms with Crippen molar-refractivity contribution < 1.29 is 27.4 Å². The molecule has 0 heterocycles. The highest BCUT2D eigenvalue weighted by Gasteiger charge is 2.26.